The quantitative estimate of drug-likeness (QED) is 0.793. The Bertz CT molecular complexity index is 835. The number of rotatable bonds is 1. The fourth-order valence-electron chi connectivity index (χ4n) is 4.03. The molecule has 0 aromatic heterocycles. The third kappa shape index (κ3) is 3.31. The first kappa shape index (κ1) is 17.0. The Labute approximate surface area is 153 Å². The van der Waals surface area contributed by atoms with Gasteiger partial charge in [0, 0.05) is 44.6 Å². The van der Waals surface area contributed by atoms with E-state index in [0.29, 0.717) is 32.2 Å². The third-order valence-electron chi connectivity index (χ3n) is 5.57. The molecule has 0 radical (unpaired) electrons. The maximum atomic E-state index is 13.0. The van der Waals surface area contributed by atoms with Crippen LogP contribution >= 0.6 is 0 Å². The molecule has 0 saturated carbocycles. The lowest BCUT2D eigenvalue weighted by molar-refractivity contribution is -0.129. The first-order valence-corrected chi connectivity index (χ1v) is 9.27. The minimum absolute atomic E-state index is 0.0116. The summed E-state index contributed by atoms with van der Waals surface area (Å²) >= 11 is 0. The van der Waals surface area contributed by atoms with Crippen LogP contribution in [0.15, 0.2) is 42.5 Å². The highest BCUT2D eigenvalue weighted by molar-refractivity contribution is 5.98. The summed E-state index contributed by atoms with van der Waals surface area (Å²) in [6.45, 7) is 4.83. The van der Waals surface area contributed by atoms with Gasteiger partial charge in [0.25, 0.3) is 5.91 Å². The van der Waals surface area contributed by atoms with Crippen LogP contribution in [0, 0.1) is 5.92 Å². The summed E-state index contributed by atoms with van der Waals surface area (Å²) in [6, 6.07) is 13.9. The Morgan fingerprint density at radius 2 is 1.81 bits per heavy atom. The first-order valence-electron chi connectivity index (χ1n) is 9.27. The predicted molar refractivity (Wildman–Crippen MR) is 100.0 cm³/mol. The number of hydrogen-bond donors (Lipinski definition) is 0. The number of hydrogen-bond acceptors (Lipinski definition) is 3. The van der Waals surface area contributed by atoms with Gasteiger partial charge >= 0.3 is 0 Å². The molecule has 0 aliphatic carbocycles. The number of fused-ring (bicyclic) bond motifs is 2. The summed E-state index contributed by atoms with van der Waals surface area (Å²) in [4.78, 5) is 28.4. The van der Waals surface area contributed by atoms with Gasteiger partial charge in [-0.1, -0.05) is 30.3 Å². The fourth-order valence-corrected chi connectivity index (χ4v) is 4.03. The van der Waals surface area contributed by atoms with Gasteiger partial charge in [-0.2, -0.15) is 0 Å². The van der Waals surface area contributed by atoms with Crippen LogP contribution in [0.3, 0.4) is 0 Å². The molecule has 2 aliphatic rings. The summed E-state index contributed by atoms with van der Waals surface area (Å²) in [5.41, 5.74) is 0.723. The van der Waals surface area contributed by atoms with Crippen molar-refractivity contribution in [2.45, 2.75) is 19.4 Å². The van der Waals surface area contributed by atoms with E-state index in [1.807, 2.05) is 46.2 Å². The van der Waals surface area contributed by atoms with Crippen molar-refractivity contribution in [1.82, 2.24) is 9.80 Å². The van der Waals surface area contributed by atoms with Crippen LogP contribution in [0.25, 0.3) is 10.8 Å². The summed E-state index contributed by atoms with van der Waals surface area (Å²) in [7, 11) is 0. The molecule has 2 fully saturated rings. The molecule has 26 heavy (non-hydrogen) atoms. The second-order valence-electron chi connectivity index (χ2n) is 7.24. The summed E-state index contributed by atoms with van der Waals surface area (Å²) in [6.07, 6.45) is 0.880. The van der Waals surface area contributed by atoms with E-state index in [-0.39, 0.29) is 17.9 Å². The molecular weight excluding hydrogens is 328 g/mol. The molecule has 0 spiro atoms. The second-order valence-corrected chi connectivity index (χ2v) is 7.24. The van der Waals surface area contributed by atoms with Crippen molar-refractivity contribution in [3.05, 3.63) is 48.0 Å². The largest absolute Gasteiger partial charge is 0.374 e. The molecule has 4 rings (SSSR count). The van der Waals surface area contributed by atoms with Crippen LogP contribution in [0.5, 0.6) is 0 Å². The zero-order valence-electron chi connectivity index (χ0n) is 15.1. The molecule has 5 heteroatoms. The summed E-state index contributed by atoms with van der Waals surface area (Å²) in [5.74, 6) is 0.469. The average molecular weight is 352 g/mol. The second kappa shape index (κ2) is 7.08. The van der Waals surface area contributed by atoms with Crippen LogP contribution < -0.4 is 0 Å². The van der Waals surface area contributed by atoms with Crippen molar-refractivity contribution in [3.63, 3.8) is 0 Å². The molecule has 0 N–H and O–H groups in total. The molecule has 2 aromatic carbocycles. The summed E-state index contributed by atoms with van der Waals surface area (Å²) < 4.78 is 5.99. The smallest absolute Gasteiger partial charge is 0.253 e. The highest BCUT2D eigenvalue weighted by Crippen LogP contribution is 2.26. The van der Waals surface area contributed by atoms with Gasteiger partial charge in [-0.15, -0.1) is 0 Å². The van der Waals surface area contributed by atoms with Gasteiger partial charge < -0.3 is 14.5 Å². The maximum Gasteiger partial charge on any atom is 0.253 e. The molecular formula is C21H24N2O3. The van der Waals surface area contributed by atoms with E-state index in [1.165, 1.54) is 0 Å². The van der Waals surface area contributed by atoms with Crippen LogP contribution in [0.2, 0.25) is 0 Å². The van der Waals surface area contributed by atoms with Crippen LogP contribution in [0.4, 0.5) is 0 Å². The van der Waals surface area contributed by atoms with Gasteiger partial charge in [-0.05, 0) is 29.3 Å². The molecule has 2 saturated heterocycles. The van der Waals surface area contributed by atoms with Gasteiger partial charge in [-0.25, -0.2) is 0 Å². The van der Waals surface area contributed by atoms with E-state index in [2.05, 4.69) is 6.07 Å². The number of carbonyl (C=O) groups is 2. The van der Waals surface area contributed by atoms with Crippen LogP contribution in [0.1, 0.15) is 23.7 Å². The maximum absolute atomic E-state index is 13.0. The van der Waals surface area contributed by atoms with Crippen molar-refractivity contribution < 1.29 is 14.3 Å². The van der Waals surface area contributed by atoms with E-state index in [1.54, 1.807) is 6.92 Å². The van der Waals surface area contributed by atoms with Crippen molar-refractivity contribution in [3.8, 4) is 0 Å². The lowest BCUT2D eigenvalue weighted by Gasteiger charge is -2.38. The lowest BCUT2D eigenvalue weighted by Crippen LogP contribution is -2.49. The SMILES string of the molecule is CC(=O)N1CCO[C@H]2CN(C(=O)c3ccc4ccccc4c3)CC[C@H]2C1. The molecule has 2 aromatic rings. The topological polar surface area (TPSA) is 49.9 Å². The van der Waals surface area contributed by atoms with Gasteiger partial charge in [0.05, 0.1) is 12.7 Å². The van der Waals surface area contributed by atoms with Gasteiger partial charge in [0.15, 0.2) is 0 Å². The van der Waals surface area contributed by atoms with Crippen molar-refractivity contribution in [2.24, 2.45) is 5.92 Å². The van der Waals surface area contributed by atoms with Crippen LogP contribution in [-0.2, 0) is 9.53 Å². The number of amides is 2. The molecule has 5 nitrogen and oxygen atoms in total. The zero-order valence-corrected chi connectivity index (χ0v) is 15.1. The number of likely N-dealkylation sites (tertiary alicyclic amines) is 1. The fraction of sp³-hybridized carbons (Fsp3) is 0.429. The lowest BCUT2D eigenvalue weighted by atomic mass is 9.92. The molecule has 2 aliphatic heterocycles. The molecule has 2 heterocycles. The predicted octanol–water partition coefficient (Wildman–Crippen LogP) is 2.55. The van der Waals surface area contributed by atoms with Crippen molar-refractivity contribution >= 4 is 22.6 Å². The average Bonchev–Trinajstić information content (AvgIpc) is 2.89. The first-order chi connectivity index (χ1) is 12.6. The Kier molecular flexibility index (Phi) is 4.64. The highest BCUT2D eigenvalue weighted by atomic mass is 16.5. The highest BCUT2D eigenvalue weighted by Gasteiger charge is 2.35. The number of piperidine rings is 1. The Morgan fingerprint density at radius 1 is 1.00 bits per heavy atom. The Hall–Kier alpha value is -2.40. The van der Waals surface area contributed by atoms with Crippen molar-refractivity contribution in [1.29, 1.82) is 0 Å². The Morgan fingerprint density at radius 3 is 2.62 bits per heavy atom. The van der Waals surface area contributed by atoms with E-state index >= 15 is 0 Å². The van der Waals surface area contributed by atoms with E-state index in [4.69, 9.17) is 4.74 Å². The van der Waals surface area contributed by atoms with E-state index in [0.717, 1.165) is 29.3 Å². The van der Waals surface area contributed by atoms with E-state index in [9.17, 15) is 9.59 Å². The van der Waals surface area contributed by atoms with Crippen molar-refractivity contribution in [2.75, 3.05) is 32.8 Å². The number of benzene rings is 2. The molecule has 136 valence electrons. The molecule has 0 unspecified atom stereocenters. The standard InChI is InChI=1S/C21H24N2O3/c1-15(24)22-10-11-26-20-14-23(9-8-19(20)13-22)21(25)18-7-6-16-4-2-3-5-17(16)12-18/h2-7,12,19-20H,8-11,13-14H2,1H3/t19-,20-/m0/s1. The van der Waals surface area contributed by atoms with Gasteiger partial charge in [0.2, 0.25) is 5.91 Å². The number of nitrogens with zero attached hydrogens (tertiary/aromatic N) is 2. The normalized spacial score (nSPS) is 23.4. The molecule has 2 amide bonds. The number of carbonyl (C=O) groups excluding carboxylic acids is 2. The minimum Gasteiger partial charge on any atom is -0.374 e. The zero-order chi connectivity index (χ0) is 18.1. The van der Waals surface area contributed by atoms with E-state index < -0.39 is 0 Å². The third-order valence-corrected chi connectivity index (χ3v) is 5.57. The Balaban J connectivity index is 1.49. The van der Waals surface area contributed by atoms with Crippen LogP contribution in [-0.4, -0.2) is 60.5 Å². The summed E-state index contributed by atoms with van der Waals surface area (Å²) in [5, 5.41) is 2.22. The molecule has 2 atom stereocenters. The van der Waals surface area contributed by atoms with Gasteiger partial charge in [0.1, 0.15) is 0 Å². The van der Waals surface area contributed by atoms with Gasteiger partial charge in [-0.3, -0.25) is 9.59 Å². The molecule has 0 bridgehead atoms. The minimum atomic E-state index is 0.0116. The monoisotopic (exact) mass is 352 g/mol. The number of ether oxygens (including phenoxy) is 1.